The third-order valence-electron chi connectivity index (χ3n) is 3.09. The molecular weight excluding hydrogens is 278 g/mol. The number of alkyl carbamates (subject to hydrolysis) is 1. The lowest BCUT2D eigenvalue weighted by atomic mass is 10.1. The quantitative estimate of drug-likeness (QED) is 0.797. The average Bonchev–Trinajstić information content (AvgIpc) is 2.54. The van der Waals surface area contributed by atoms with Gasteiger partial charge in [0.05, 0.1) is 13.2 Å². The number of amides is 1. The van der Waals surface area contributed by atoms with Crippen LogP contribution in [0.5, 0.6) is 5.75 Å². The van der Waals surface area contributed by atoms with Gasteiger partial charge < -0.3 is 14.8 Å². The number of rotatable bonds is 7. The highest BCUT2D eigenvalue weighted by molar-refractivity contribution is 5.66. The lowest BCUT2D eigenvalue weighted by Gasteiger charge is -2.08. The zero-order valence-electron chi connectivity index (χ0n) is 12.7. The van der Waals surface area contributed by atoms with Gasteiger partial charge in [0, 0.05) is 0 Å². The molecule has 0 bridgehead atoms. The predicted octanol–water partition coefficient (Wildman–Crippen LogP) is 3.40. The Labute approximate surface area is 131 Å². The number of carbonyl (C=O) groups is 1. The molecule has 0 aliphatic rings. The minimum absolute atomic E-state index is 0.371. The maximum absolute atomic E-state index is 11.1. The SMILES string of the molecule is CCOC(=O)NCCOc1ccc(Cc2ccccc2)cc1. The number of benzene rings is 2. The zero-order chi connectivity index (χ0) is 15.6. The van der Waals surface area contributed by atoms with Crippen molar-refractivity contribution in [2.45, 2.75) is 13.3 Å². The molecule has 0 saturated carbocycles. The highest BCUT2D eigenvalue weighted by atomic mass is 16.5. The Balaban J connectivity index is 1.74. The van der Waals surface area contributed by atoms with Crippen molar-refractivity contribution >= 4 is 6.09 Å². The van der Waals surface area contributed by atoms with Crippen molar-refractivity contribution in [3.05, 3.63) is 65.7 Å². The van der Waals surface area contributed by atoms with Crippen molar-refractivity contribution in [1.29, 1.82) is 0 Å². The molecule has 0 radical (unpaired) electrons. The smallest absolute Gasteiger partial charge is 0.407 e. The summed E-state index contributed by atoms with van der Waals surface area (Å²) in [5, 5.41) is 2.61. The van der Waals surface area contributed by atoms with Crippen molar-refractivity contribution < 1.29 is 14.3 Å². The lowest BCUT2D eigenvalue weighted by molar-refractivity contribution is 0.150. The van der Waals surface area contributed by atoms with Crippen LogP contribution in [0.4, 0.5) is 4.79 Å². The third-order valence-corrected chi connectivity index (χ3v) is 3.09. The minimum Gasteiger partial charge on any atom is -0.492 e. The maximum atomic E-state index is 11.1. The lowest BCUT2D eigenvalue weighted by Crippen LogP contribution is -2.28. The fraction of sp³-hybridized carbons (Fsp3) is 0.278. The van der Waals surface area contributed by atoms with Gasteiger partial charge in [-0.2, -0.15) is 0 Å². The first kappa shape index (κ1) is 15.9. The second-order valence-corrected chi connectivity index (χ2v) is 4.80. The van der Waals surface area contributed by atoms with E-state index < -0.39 is 6.09 Å². The maximum Gasteiger partial charge on any atom is 0.407 e. The van der Waals surface area contributed by atoms with Crippen LogP contribution in [0.3, 0.4) is 0 Å². The molecule has 0 unspecified atom stereocenters. The van der Waals surface area contributed by atoms with Gasteiger partial charge in [-0.3, -0.25) is 0 Å². The molecule has 0 heterocycles. The Kier molecular flexibility index (Phi) is 6.30. The summed E-state index contributed by atoms with van der Waals surface area (Å²) in [4.78, 5) is 11.1. The van der Waals surface area contributed by atoms with E-state index in [1.165, 1.54) is 11.1 Å². The van der Waals surface area contributed by atoms with Gasteiger partial charge in [0.25, 0.3) is 0 Å². The largest absolute Gasteiger partial charge is 0.492 e. The van der Waals surface area contributed by atoms with Crippen LogP contribution in [0.25, 0.3) is 0 Å². The zero-order valence-corrected chi connectivity index (χ0v) is 12.7. The van der Waals surface area contributed by atoms with E-state index in [0.717, 1.165) is 12.2 Å². The van der Waals surface area contributed by atoms with Crippen LogP contribution in [0.15, 0.2) is 54.6 Å². The third kappa shape index (κ3) is 5.48. The van der Waals surface area contributed by atoms with Crippen LogP contribution in [0, 0.1) is 0 Å². The summed E-state index contributed by atoms with van der Waals surface area (Å²) in [5.41, 5.74) is 2.53. The van der Waals surface area contributed by atoms with Gasteiger partial charge in [-0.25, -0.2) is 4.79 Å². The highest BCUT2D eigenvalue weighted by Gasteiger charge is 2.00. The van der Waals surface area contributed by atoms with Crippen molar-refractivity contribution in [3.8, 4) is 5.75 Å². The van der Waals surface area contributed by atoms with Crippen LogP contribution >= 0.6 is 0 Å². The molecular formula is C18H21NO3. The Morgan fingerprint density at radius 1 is 1.00 bits per heavy atom. The number of carbonyl (C=O) groups excluding carboxylic acids is 1. The Morgan fingerprint density at radius 3 is 2.36 bits per heavy atom. The molecule has 0 saturated heterocycles. The normalized spacial score (nSPS) is 10.0. The number of hydrogen-bond acceptors (Lipinski definition) is 3. The molecule has 2 aromatic rings. The second-order valence-electron chi connectivity index (χ2n) is 4.80. The summed E-state index contributed by atoms with van der Waals surface area (Å²) in [6.07, 6.45) is 0.496. The first-order valence-electron chi connectivity index (χ1n) is 7.44. The summed E-state index contributed by atoms with van der Waals surface area (Å²) in [5.74, 6) is 0.794. The van der Waals surface area contributed by atoms with Crippen molar-refractivity contribution in [2.75, 3.05) is 19.8 Å². The summed E-state index contributed by atoms with van der Waals surface area (Å²) in [6, 6.07) is 18.3. The average molecular weight is 299 g/mol. The molecule has 2 rings (SSSR count). The van der Waals surface area contributed by atoms with Gasteiger partial charge >= 0.3 is 6.09 Å². The van der Waals surface area contributed by atoms with Crippen molar-refractivity contribution in [2.24, 2.45) is 0 Å². The molecule has 1 amide bonds. The molecule has 0 fully saturated rings. The van der Waals surface area contributed by atoms with Gasteiger partial charge in [-0.15, -0.1) is 0 Å². The van der Waals surface area contributed by atoms with E-state index >= 15 is 0 Å². The molecule has 4 heteroatoms. The van der Waals surface area contributed by atoms with Crippen molar-refractivity contribution in [3.63, 3.8) is 0 Å². The van der Waals surface area contributed by atoms with Crippen LogP contribution in [0.1, 0.15) is 18.1 Å². The van der Waals surface area contributed by atoms with E-state index in [1.807, 2.05) is 30.3 Å². The number of hydrogen-bond donors (Lipinski definition) is 1. The molecule has 0 aromatic heterocycles. The number of nitrogens with one attached hydrogen (secondary N) is 1. The molecule has 0 aliphatic heterocycles. The molecule has 22 heavy (non-hydrogen) atoms. The standard InChI is InChI=1S/C18H21NO3/c1-2-21-18(20)19-12-13-22-17-10-8-16(9-11-17)14-15-6-4-3-5-7-15/h3-11H,2,12-14H2,1H3,(H,19,20). The van der Waals surface area contributed by atoms with E-state index in [-0.39, 0.29) is 0 Å². The predicted molar refractivity (Wildman–Crippen MR) is 86.2 cm³/mol. The first-order valence-corrected chi connectivity index (χ1v) is 7.44. The first-order chi connectivity index (χ1) is 10.8. The molecule has 116 valence electrons. The van der Waals surface area contributed by atoms with Gasteiger partial charge in [-0.1, -0.05) is 42.5 Å². The molecule has 4 nitrogen and oxygen atoms in total. The summed E-state index contributed by atoms with van der Waals surface area (Å²) >= 11 is 0. The Hall–Kier alpha value is -2.49. The van der Waals surface area contributed by atoms with Gasteiger partial charge in [-0.05, 0) is 36.6 Å². The summed E-state index contributed by atoms with van der Waals surface area (Å²) in [6.45, 7) is 2.98. The fourth-order valence-electron chi connectivity index (χ4n) is 2.04. The second kappa shape index (κ2) is 8.72. The Bertz CT molecular complexity index is 567. The van der Waals surface area contributed by atoms with Crippen LogP contribution in [-0.2, 0) is 11.2 Å². The minimum atomic E-state index is -0.413. The molecule has 2 aromatic carbocycles. The van der Waals surface area contributed by atoms with E-state index in [1.54, 1.807) is 6.92 Å². The van der Waals surface area contributed by atoms with Gasteiger partial charge in [0.1, 0.15) is 12.4 Å². The van der Waals surface area contributed by atoms with Gasteiger partial charge in [0.2, 0.25) is 0 Å². The van der Waals surface area contributed by atoms with E-state index in [2.05, 4.69) is 29.6 Å². The number of ether oxygens (including phenoxy) is 2. The van der Waals surface area contributed by atoms with Gasteiger partial charge in [0.15, 0.2) is 0 Å². The Morgan fingerprint density at radius 2 is 1.68 bits per heavy atom. The van der Waals surface area contributed by atoms with Crippen LogP contribution in [-0.4, -0.2) is 25.9 Å². The van der Waals surface area contributed by atoms with E-state index in [4.69, 9.17) is 9.47 Å². The molecule has 0 atom stereocenters. The van der Waals surface area contributed by atoms with E-state index in [9.17, 15) is 4.79 Å². The highest BCUT2D eigenvalue weighted by Crippen LogP contribution is 2.15. The topological polar surface area (TPSA) is 47.6 Å². The van der Waals surface area contributed by atoms with Crippen LogP contribution in [0.2, 0.25) is 0 Å². The van der Waals surface area contributed by atoms with Crippen molar-refractivity contribution in [1.82, 2.24) is 5.32 Å². The fourth-order valence-corrected chi connectivity index (χ4v) is 2.04. The summed E-state index contributed by atoms with van der Waals surface area (Å²) < 4.78 is 10.3. The molecule has 0 aliphatic carbocycles. The summed E-state index contributed by atoms with van der Waals surface area (Å²) in [7, 11) is 0. The molecule has 0 spiro atoms. The van der Waals surface area contributed by atoms with Crippen LogP contribution < -0.4 is 10.1 Å². The van der Waals surface area contributed by atoms with E-state index in [0.29, 0.717) is 19.8 Å². The monoisotopic (exact) mass is 299 g/mol. The molecule has 1 N–H and O–H groups in total.